The Bertz CT molecular complexity index is 883. The number of rotatable bonds is 10. The van der Waals surface area contributed by atoms with Gasteiger partial charge in [0, 0.05) is 44.0 Å². The van der Waals surface area contributed by atoms with E-state index >= 15 is 0 Å². The zero-order chi connectivity index (χ0) is 22.6. The molecule has 168 valence electrons. The predicted molar refractivity (Wildman–Crippen MR) is 125 cm³/mol. The highest BCUT2D eigenvalue weighted by atomic mass is 16.5. The molecule has 0 radical (unpaired) electrons. The van der Waals surface area contributed by atoms with Crippen LogP contribution in [-0.2, 0) is 6.54 Å². The average Bonchev–Trinajstić information content (AvgIpc) is 2.77. The Morgan fingerprint density at radius 3 is 2.58 bits per heavy atom. The van der Waals surface area contributed by atoms with E-state index in [1.807, 2.05) is 68.4 Å². The third-order valence-electron chi connectivity index (χ3n) is 4.44. The molecule has 0 spiro atoms. The molecule has 31 heavy (non-hydrogen) atoms. The number of likely N-dealkylation sites (N-methyl/N-ethyl adjacent to an activating group) is 1. The fourth-order valence-electron chi connectivity index (χ4n) is 2.84. The first-order chi connectivity index (χ1) is 15.0. The van der Waals surface area contributed by atoms with Crippen LogP contribution in [0.2, 0.25) is 0 Å². The van der Waals surface area contributed by atoms with Gasteiger partial charge in [-0.1, -0.05) is 12.1 Å². The minimum Gasteiger partial charge on any atom is -0.493 e. The molecule has 0 bridgehead atoms. The van der Waals surface area contributed by atoms with Crippen molar-refractivity contribution in [2.45, 2.75) is 13.5 Å². The Morgan fingerprint density at radius 2 is 1.90 bits per heavy atom. The molecule has 8 nitrogen and oxygen atoms in total. The van der Waals surface area contributed by atoms with Gasteiger partial charge in [0.25, 0.3) is 5.91 Å². The van der Waals surface area contributed by atoms with Gasteiger partial charge in [-0.05, 0) is 50.8 Å². The van der Waals surface area contributed by atoms with Crippen LogP contribution in [0.3, 0.4) is 0 Å². The predicted octanol–water partition coefficient (Wildman–Crippen LogP) is 2.57. The molecule has 0 saturated carbocycles. The summed E-state index contributed by atoms with van der Waals surface area (Å²) in [6.45, 7) is 4.42. The van der Waals surface area contributed by atoms with Crippen molar-refractivity contribution in [1.29, 1.82) is 0 Å². The molecular weight excluding hydrogens is 394 g/mol. The average molecular weight is 428 g/mol. The number of ether oxygens (including phenoxy) is 2. The van der Waals surface area contributed by atoms with Gasteiger partial charge in [-0.3, -0.25) is 9.79 Å². The summed E-state index contributed by atoms with van der Waals surface area (Å²) in [5.41, 5.74) is 2.44. The normalized spacial score (nSPS) is 11.2. The minimum absolute atomic E-state index is 0.0762. The molecule has 0 atom stereocenters. The number of carbonyl (C=O) groups excluding carboxylic acids is 1. The fourth-order valence-corrected chi connectivity index (χ4v) is 2.84. The summed E-state index contributed by atoms with van der Waals surface area (Å²) in [6.07, 6.45) is 0. The second kappa shape index (κ2) is 12.4. The summed E-state index contributed by atoms with van der Waals surface area (Å²) in [5, 5.41) is 9.43. The van der Waals surface area contributed by atoms with Crippen molar-refractivity contribution >= 4 is 17.6 Å². The number of methoxy groups -OCH3 is 1. The lowest BCUT2D eigenvalue weighted by Gasteiger charge is -2.15. The zero-order valence-corrected chi connectivity index (χ0v) is 19.0. The van der Waals surface area contributed by atoms with Crippen LogP contribution >= 0.6 is 0 Å². The quantitative estimate of drug-likeness (QED) is 0.399. The molecule has 0 heterocycles. The maximum absolute atomic E-state index is 12.3. The number of anilines is 1. The third kappa shape index (κ3) is 7.82. The van der Waals surface area contributed by atoms with E-state index < -0.39 is 0 Å². The summed E-state index contributed by atoms with van der Waals surface area (Å²) < 4.78 is 10.9. The van der Waals surface area contributed by atoms with Crippen molar-refractivity contribution in [1.82, 2.24) is 15.5 Å². The molecule has 0 aliphatic carbocycles. The number of nitrogens with zero attached hydrogens (tertiary/aromatic N) is 2. The number of nitrogens with one attached hydrogen (secondary N) is 3. The van der Waals surface area contributed by atoms with Gasteiger partial charge in [0.2, 0.25) is 0 Å². The summed E-state index contributed by atoms with van der Waals surface area (Å²) in [7, 11) is 7.26. The number of guanidine groups is 1. The number of hydrogen-bond donors (Lipinski definition) is 3. The van der Waals surface area contributed by atoms with E-state index in [2.05, 4.69) is 20.9 Å². The first-order valence-electron chi connectivity index (χ1n) is 10.3. The van der Waals surface area contributed by atoms with E-state index in [0.29, 0.717) is 42.7 Å². The Labute approximate surface area is 184 Å². The number of aliphatic imine (C=N–C) groups is 1. The van der Waals surface area contributed by atoms with E-state index in [1.54, 1.807) is 14.2 Å². The summed E-state index contributed by atoms with van der Waals surface area (Å²) >= 11 is 0. The SMILES string of the molecule is CCOc1ccc(NC(=NC)NCc2cccc(C(=O)NCCN(C)C)c2)cc1OC. The van der Waals surface area contributed by atoms with Crippen LogP contribution < -0.4 is 25.4 Å². The molecule has 0 unspecified atom stereocenters. The van der Waals surface area contributed by atoms with Crippen LogP contribution in [-0.4, -0.2) is 64.7 Å². The standard InChI is InChI=1S/C23H33N5O3/c1-6-31-20-11-10-19(15-21(20)30-5)27-23(24-2)26-16-17-8-7-9-18(14-17)22(29)25-12-13-28(3)4/h7-11,14-15H,6,12-13,16H2,1-5H3,(H,25,29)(H2,24,26,27). The monoisotopic (exact) mass is 427 g/mol. The molecule has 0 saturated heterocycles. The summed E-state index contributed by atoms with van der Waals surface area (Å²) in [4.78, 5) is 18.6. The molecule has 2 aromatic rings. The van der Waals surface area contributed by atoms with Gasteiger partial charge in [-0.25, -0.2) is 0 Å². The van der Waals surface area contributed by atoms with Gasteiger partial charge in [0.05, 0.1) is 13.7 Å². The smallest absolute Gasteiger partial charge is 0.251 e. The van der Waals surface area contributed by atoms with E-state index in [9.17, 15) is 4.79 Å². The maximum atomic E-state index is 12.3. The summed E-state index contributed by atoms with van der Waals surface area (Å²) in [5.74, 6) is 1.87. The first kappa shape index (κ1) is 24.0. The van der Waals surface area contributed by atoms with Crippen LogP contribution in [0, 0.1) is 0 Å². The van der Waals surface area contributed by atoms with Crippen LogP contribution in [0.5, 0.6) is 11.5 Å². The minimum atomic E-state index is -0.0762. The first-order valence-corrected chi connectivity index (χ1v) is 10.3. The number of amides is 1. The second-order valence-electron chi connectivity index (χ2n) is 7.11. The van der Waals surface area contributed by atoms with Gasteiger partial charge in [0.15, 0.2) is 17.5 Å². The number of benzene rings is 2. The summed E-state index contributed by atoms with van der Waals surface area (Å²) in [6, 6.07) is 13.2. The highest BCUT2D eigenvalue weighted by Gasteiger charge is 2.08. The number of hydrogen-bond acceptors (Lipinski definition) is 5. The third-order valence-corrected chi connectivity index (χ3v) is 4.44. The van der Waals surface area contributed by atoms with Gasteiger partial charge < -0.3 is 30.3 Å². The number of carbonyl (C=O) groups is 1. The van der Waals surface area contributed by atoms with Gasteiger partial charge in [0.1, 0.15) is 0 Å². The molecule has 8 heteroatoms. The Kier molecular flexibility index (Phi) is 9.64. The molecular formula is C23H33N5O3. The lowest BCUT2D eigenvalue weighted by Crippen LogP contribution is -2.32. The van der Waals surface area contributed by atoms with Crippen LogP contribution in [0.25, 0.3) is 0 Å². The lowest BCUT2D eigenvalue weighted by atomic mass is 10.1. The Balaban J connectivity index is 1.96. The van der Waals surface area contributed by atoms with E-state index in [-0.39, 0.29) is 5.91 Å². The topological polar surface area (TPSA) is 87.2 Å². The van der Waals surface area contributed by atoms with Crippen molar-refractivity contribution in [3.05, 3.63) is 53.6 Å². The van der Waals surface area contributed by atoms with E-state index in [4.69, 9.17) is 9.47 Å². The highest BCUT2D eigenvalue weighted by Crippen LogP contribution is 2.30. The molecule has 2 rings (SSSR count). The maximum Gasteiger partial charge on any atom is 0.251 e. The molecule has 2 aromatic carbocycles. The van der Waals surface area contributed by atoms with Gasteiger partial charge in [-0.2, -0.15) is 0 Å². The molecule has 1 amide bonds. The van der Waals surface area contributed by atoms with Crippen molar-refractivity contribution in [2.24, 2.45) is 4.99 Å². The van der Waals surface area contributed by atoms with Crippen LogP contribution in [0.4, 0.5) is 5.69 Å². The highest BCUT2D eigenvalue weighted by molar-refractivity contribution is 5.95. The van der Waals surface area contributed by atoms with E-state index in [1.165, 1.54) is 0 Å². The van der Waals surface area contributed by atoms with E-state index in [0.717, 1.165) is 17.8 Å². The van der Waals surface area contributed by atoms with Crippen LogP contribution in [0.15, 0.2) is 47.5 Å². The molecule has 0 aromatic heterocycles. The molecule has 0 aliphatic rings. The zero-order valence-electron chi connectivity index (χ0n) is 19.0. The molecule has 3 N–H and O–H groups in total. The van der Waals surface area contributed by atoms with Gasteiger partial charge >= 0.3 is 0 Å². The fraction of sp³-hybridized carbons (Fsp3) is 0.391. The lowest BCUT2D eigenvalue weighted by molar-refractivity contribution is 0.0951. The Morgan fingerprint density at radius 1 is 1.10 bits per heavy atom. The van der Waals surface area contributed by atoms with Crippen molar-refractivity contribution in [3.8, 4) is 11.5 Å². The van der Waals surface area contributed by atoms with Crippen molar-refractivity contribution in [2.75, 3.05) is 53.3 Å². The van der Waals surface area contributed by atoms with Crippen molar-refractivity contribution in [3.63, 3.8) is 0 Å². The second-order valence-corrected chi connectivity index (χ2v) is 7.11. The molecule has 0 aliphatic heterocycles. The van der Waals surface area contributed by atoms with Crippen LogP contribution in [0.1, 0.15) is 22.8 Å². The van der Waals surface area contributed by atoms with Crippen molar-refractivity contribution < 1.29 is 14.3 Å². The molecule has 0 fully saturated rings. The van der Waals surface area contributed by atoms with Gasteiger partial charge in [-0.15, -0.1) is 0 Å². The largest absolute Gasteiger partial charge is 0.493 e. The Hall–Kier alpha value is -3.26.